The van der Waals surface area contributed by atoms with Crippen molar-refractivity contribution in [2.75, 3.05) is 41.0 Å². The third-order valence-electron chi connectivity index (χ3n) is 9.42. The first-order valence-corrected chi connectivity index (χ1v) is 23.3. The van der Waals surface area contributed by atoms with Gasteiger partial charge in [0, 0.05) is 19.3 Å². The van der Waals surface area contributed by atoms with Crippen LogP contribution in [0.15, 0.2) is 134 Å². The number of allylic oxidation sites excluding steroid dienone is 22. The van der Waals surface area contributed by atoms with Crippen molar-refractivity contribution < 1.29 is 38.2 Å². The van der Waals surface area contributed by atoms with Gasteiger partial charge in [-0.2, -0.15) is 0 Å². The number of carbonyl (C=O) groups is 3. The second kappa shape index (κ2) is 43.1. The van der Waals surface area contributed by atoms with Gasteiger partial charge in [0.25, 0.3) is 0 Å². The van der Waals surface area contributed by atoms with Crippen LogP contribution in [0.2, 0.25) is 0 Å². The molecular formula is C54H84NO7+. The van der Waals surface area contributed by atoms with Crippen molar-refractivity contribution in [1.29, 1.82) is 0 Å². The van der Waals surface area contributed by atoms with Gasteiger partial charge in [-0.15, -0.1) is 0 Å². The normalized spacial score (nSPS) is 14.1. The summed E-state index contributed by atoms with van der Waals surface area (Å²) in [4.78, 5) is 37.0. The Balaban J connectivity index is 4.46. The number of aliphatic carboxylic acids is 1. The van der Waals surface area contributed by atoms with E-state index < -0.39 is 18.1 Å². The van der Waals surface area contributed by atoms with E-state index in [1.165, 1.54) is 0 Å². The van der Waals surface area contributed by atoms with E-state index in [0.29, 0.717) is 19.3 Å². The van der Waals surface area contributed by atoms with E-state index in [-0.39, 0.29) is 42.7 Å². The largest absolute Gasteiger partial charge is 0.477 e. The number of unbranched alkanes of at least 4 members (excludes halogenated alkanes) is 7. The van der Waals surface area contributed by atoms with Crippen molar-refractivity contribution in [2.45, 2.75) is 148 Å². The molecule has 0 aliphatic carbocycles. The Labute approximate surface area is 377 Å². The molecule has 8 heteroatoms. The second-order valence-corrected chi connectivity index (χ2v) is 16.0. The Morgan fingerprint density at radius 2 is 0.935 bits per heavy atom. The maximum atomic E-state index is 12.8. The number of ether oxygens (including phenoxy) is 3. The summed E-state index contributed by atoms with van der Waals surface area (Å²) in [6.45, 7) is 4.37. The highest BCUT2D eigenvalue weighted by molar-refractivity contribution is 5.72. The molecule has 0 amide bonds. The maximum absolute atomic E-state index is 12.8. The monoisotopic (exact) mass is 859 g/mol. The number of hydrogen-bond acceptors (Lipinski definition) is 6. The van der Waals surface area contributed by atoms with Gasteiger partial charge < -0.3 is 23.8 Å². The van der Waals surface area contributed by atoms with Crippen LogP contribution in [0.25, 0.3) is 0 Å². The molecule has 0 radical (unpaired) electrons. The summed E-state index contributed by atoms with van der Waals surface area (Å²) in [7, 11) is 5.49. The van der Waals surface area contributed by atoms with Gasteiger partial charge in [0.15, 0.2) is 12.1 Å². The Morgan fingerprint density at radius 3 is 1.45 bits per heavy atom. The van der Waals surface area contributed by atoms with E-state index in [9.17, 15) is 19.5 Å². The van der Waals surface area contributed by atoms with Crippen LogP contribution in [-0.4, -0.2) is 80.6 Å². The fourth-order valence-electron chi connectivity index (χ4n) is 5.88. The molecule has 8 nitrogen and oxygen atoms in total. The van der Waals surface area contributed by atoms with Gasteiger partial charge in [-0.05, 0) is 83.5 Å². The molecule has 2 atom stereocenters. The third kappa shape index (κ3) is 40.9. The molecule has 0 aliphatic rings. The molecule has 0 heterocycles. The molecule has 0 bridgehead atoms. The van der Waals surface area contributed by atoms with Crippen molar-refractivity contribution in [2.24, 2.45) is 0 Å². The zero-order valence-electron chi connectivity index (χ0n) is 39.3. The van der Waals surface area contributed by atoms with Crippen LogP contribution in [0, 0.1) is 0 Å². The zero-order valence-corrected chi connectivity index (χ0v) is 39.3. The minimum Gasteiger partial charge on any atom is -0.477 e. The molecule has 0 aromatic rings. The predicted molar refractivity (Wildman–Crippen MR) is 261 cm³/mol. The number of carbonyl (C=O) groups excluding carboxylic acids is 2. The molecule has 0 aromatic heterocycles. The van der Waals surface area contributed by atoms with Gasteiger partial charge in [-0.1, -0.05) is 167 Å². The number of carboxylic acids is 1. The van der Waals surface area contributed by atoms with Crippen LogP contribution in [0.5, 0.6) is 0 Å². The Kier molecular flexibility index (Phi) is 40.0. The summed E-state index contributed by atoms with van der Waals surface area (Å²) in [5.74, 6) is -1.58. The SMILES string of the molecule is CC/C=C/C=C/C=C/C=C/C=C/CCCCCC(=O)OCC(COCCC(C(=O)O)[N+](C)(C)C)OC(=O)CCCCCC/C=C/C/C=C/C/C=C/C/C=C/C/C=C/C/C=C/CC. The van der Waals surface area contributed by atoms with Gasteiger partial charge in [0.05, 0.1) is 34.4 Å². The molecule has 0 saturated heterocycles. The van der Waals surface area contributed by atoms with E-state index in [1.54, 1.807) is 0 Å². The first-order valence-electron chi connectivity index (χ1n) is 23.3. The van der Waals surface area contributed by atoms with Gasteiger partial charge in [0.2, 0.25) is 0 Å². The van der Waals surface area contributed by atoms with Crippen molar-refractivity contribution in [3.05, 3.63) is 134 Å². The molecule has 0 spiro atoms. The number of likely N-dealkylation sites (N-methyl/N-ethyl adjacent to an activating group) is 1. The van der Waals surface area contributed by atoms with Crippen LogP contribution in [-0.2, 0) is 28.6 Å². The van der Waals surface area contributed by atoms with E-state index in [2.05, 4.69) is 98.9 Å². The highest BCUT2D eigenvalue weighted by Gasteiger charge is 2.31. The minimum absolute atomic E-state index is 0.0258. The standard InChI is InChI=1S/C54H83NO7/c1-6-8-10-12-14-16-18-20-22-23-24-25-26-27-28-29-31-33-35-37-39-41-43-45-53(57)62-50(48-60-47-46-51(54(58)59)55(3,4)5)49-61-52(56)44-42-40-38-36-34-32-30-21-19-17-15-13-11-9-7-2/h8-11,13-17,19-22,24-25,27-28,30-34,50-51H,6-7,12,18,23,26,29,35-49H2,1-5H3/p+1/b10-8+,11-9+,15-13+,16-14+,19-17+,22-20+,25-24+,28-27+,30-21+,33-31+,34-32+. The third-order valence-corrected chi connectivity index (χ3v) is 9.42. The van der Waals surface area contributed by atoms with Crippen LogP contribution >= 0.6 is 0 Å². The van der Waals surface area contributed by atoms with Crippen LogP contribution in [0.4, 0.5) is 0 Å². The van der Waals surface area contributed by atoms with Gasteiger partial charge >= 0.3 is 17.9 Å². The molecule has 346 valence electrons. The molecule has 0 saturated carbocycles. The van der Waals surface area contributed by atoms with Crippen molar-refractivity contribution in [1.82, 2.24) is 0 Å². The fourth-order valence-corrected chi connectivity index (χ4v) is 5.88. The molecule has 0 aliphatic heterocycles. The quantitative estimate of drug-likeness (QED) is 0.0216. The van der Waals surface area contributed by atoms with Crippen molar-refractivity contribution >= 4 is 17.9 Å². The van der Waals surface area contributed by atoms with E-state index >= 15 is 0 Å². The predicted octanol–water partition coefficient (Wildman–Crippen LogP) is 13.2. The molecule has 0 fully saturated rings. The molecule has 0 rings (SSSR count). The van der Waals surface area contributed by atoms with Gasteiger partial charge in [-0.3, -0.25) is 9.59 Å². The zero-order chi connectivity index (χ0) is 45.6. The lowest BCUT2D eigenvalue weighted by molar-refractivity contribution is -0.887. The molecule has 62 heavy (non-hydrogen) atoms. The lowest BCUT2D eigenvalue weighted by Crippen LogP contribution is -2.50. The maximum Gasteiger partial charge on any atom is 0.362 e. The summed E-state index contributed by atoms with van der Waals surface area (Å²) in [5.41, 5.74) is 0. The van der Waals surface area contributed by atoms with Gasteiger partial charge in [0.1, 0.15) is 6.61 Å². The molecule has 0 aromatic carbocycles. The summed E-state index contributed by atoms with van der Waals surface area (Å²) >= 11 is 0. The summed E-state index contributed by atoms with van der Waals surface area (Å²) in [6, 6.07) is -0.636. The molecule has 1 N–H and O–H groups in total. The van der Waals surface area contributed by atoms with Crippen LogP contribution in [0.1, 0.15) is 136 Å². The first-order chi connectivity index (χ1) is 30.1. The van der Waals surface area contributed by atoms with Crippen LogP contribution < -0.4 is 0 Å². The van der Waals surface area contributed by atoms with E-state index in [0.717, 1.165) is 96.3 Å². The molecule has 2 unspecified atom stereocenters. The number of hydrogen-bond donors (Lipinski definition) is 1. The number of esters is 2. The lowest BCUT2D eigenvalue weighted by Gasteiger charge is -2.31. The number of carboxylic acid groups (broad SMARTS) is 1. The average Bonchev–Trinajstić information content (AvgIpc) is 3.23. The number of rotatable bonds is 39. The average molecular weight is 859 g/mol. The Morgan fingerprint density at radius 1 is 0.500 bits per heavy atom. The Bertz CT molecular complexity index is 1470. The Hall–Kier alpha value is -4.53. The topological polar surface area (TPSA) is 99.1 Å². The number of quaternary nitrogens is 1. The van der Waals surface area contributed by atoms with E-state index in [4.69, 9.17) is 14.2 Å². The minimum atomic E-state index is -0.893. The number of nitrogens with zero attached hydrogens (tertiary/aromatic N) is 1. The van der Waals surface area contributed by atoms with Gasteiger partial charge in [-0.25, -0.2) is 4.79 Å². The summed E-state index contributed by atoms with van der Waals surface area (Å²) in [6.07, 6.45) is 62.1. The highest BCUT2D eigenvalue weighted by Crippen LogP contribution is 2.12. The first kappa shape index (κ1) is 57.5. The molecular weight excluding hydrogens is 775 g/mol. The summed E-state index contributed by atoms with van der Waals surface area (Å²) in [5, 5.41) is 9.63. The van der Waals surface area contributed by atoms with Crippen molar-refractivity contribution in [3.8, 4) is 0 Å². The van der Waals surface area contributed by atoms with E-state index in [1.807, 2.05) is 69.8 Å². The van der Waals surface area contributed by atoms with Crippen molar-refractivity contribution in [3.63, 3.8) is 0 Å². The smallest absolute Gasteiger partial charge is 0.362 e. The second-order valence-electron chi connectivity index (χ2n) is 16.0. The van der Waals surface area contributed by atoms with Crippen LogP contribution in [0.3, 0.4) is 0 Å². The summed E-state index contributed by atoms with van der Waals surface area (Å²) < 4.78 is 17.2. The highest BCUT2D eigenvalue weighted by atomic mass is 16.6. The lowest BCUT2D eigenvalue weighted by atomic mass is 10.1. The fraction of sp³-hybridized carbons (Fsp3) is 0.537.